The minimum absolute atomic E-state index is 0.208. The van der Waals surface area contributed by atoms with Crippen molar-refractivity contribution in [2.45, 2.75) is 63.5 Å². The summed E-state index contributed by atoms with van der Waals surface area (Å²) in [5, 5.41) is 2.87. The van der Waals surface area contributed by atoms with E-state index in [0.29, 0.717) is 0 Å². The monoisotopic (exact) mass is 485 g/mol. The van der Waals surface area contributed by atoms with Crippen molar-refractivity contribution in [3.8, 4) is 0 Å². The number of amides is 2. The lowest BCUT2D eigenvalue weighted by Gasteiger charge is -2.49. The number of carbonyl (C=O) groups excluding carboxylic acids is 2. The van der Waals surface area contributed by atoms with Crippen LogP contribution in [0.1, 0.15) is 31.3 Å². The van der Waals surface area contributed by atoms with E-state index in [1.165, 1.54) is 6.92 Å². The predicted molar refractivity (Wildman–Crippen MR) is 124 cm³/mol. The first-order valence-corrected chi connectivity index (χ1v) is 11.5. The van der Waals surface area contributed by atoms with E-state index < -0.39 is 48.9 Å². The molecule has 10 heteroatoms. The Morgan fingerprint density at radius 2 is 1.77 bits per heavy atom. The Balaban J connectivity index is 1.60. The quantitative estimate of drug-likeness (QED) is 0.290. The molecule has 35 heavy (non-hydrogen) atoms. The van der Waals surface area contributed by atoms with Gasteiger partial charge in [0.15, 0.2) is 12.6 Å². The Morgan fingerprint density at radius 3 is 2.43 bits per heavy atom. The third-order valence-corrected chi connectivity index (χ3v) is 5.91. The molecule has 2 amide bonds. The van der Waals surface area contributed by atoms with E-state index in [9.17, 15) is 9.59 Å². The zero-order valence-electron chi connectivity index (χ0n) is 19.7. The van der Waals surface area contributed by atoms with Crippen molar-refractivity contribution in [2.75, 3.05) is 6.61 Å². The summed E-state index contributed by atoms with van der Waals surface area (Å²) in [6, 6.07) is 18.3. The van der Waals surface area contributed by atoms with Gasteiger partial charge >= 0.3 is 0 Å². The summed E-state index contributed by atoms with van der Waals surface area (Å²) in [7, 11) is 0. The van der Waals surface area contributed by atoms with E-state index >= 15 is 0 Å². The first-order chi connectivity index (χ1) is 17.0. The normalized spacial score (nSPS) is 29.0. The molecule has 4 rings (SSSR count). The highest BCUT2D eigenvalue weighted by Crippen LogP contribution is 2.36. The van der Waals surface area contributed by atoms with E-state index in [0.717, 1.165) is 11.1 Å². The van der Waals surface area contributed by atoms with Crippen LogP contribution in [0.2, 0.25) is 0 Å². The van der Waals surface area contributed by atoms with Gasteiger partial charge in [-0.1, -0.05) is 60.7 Å². The zero-order chi connectivity index (χ0) is 24.8. The Hall–Kier alpha value is -2.86. The van der Waals surface area contributed by atoms with Gasteiger partial charge in [0, 0.05) is 12.5 Å². The van der Waals surface area contributed by atoms with Crippen LogP contribution in [0, 0.1) is 0 Å². The number of ether oxygens (including phenoxy) is 5. The van der Waals surface area contributed by atoms with Gasteiger partial charge in [-0.3, -0.25) is 15.0 Å². The molecule has 0 radical (unpaired) electrons. The number of benzene rings is 2. The van der Waals surface area contributed by atoms with Crippen molar-refractivity contribution in [1.29, 1.82) is 0 Å². The molecule has 2 saturated heterocycles. The Kier molecular flexibility index (Phi) is 8.45. The van der Waals surface area contributed by atoms with Crippen molar-refractivity contribution < 1.29 is 33.3 Å². The molecule has 2 aliphatic rings. The summed E-state index contributed by atoms with van der Waals surface area (Å²) < 4.78 is 30.7. The maximum Gasteiger partial charge on any atom is 0.262 e. The Bertz CT molecular complexity index is 978. The molecule has 0 aromatic heterocycles. The van der Waals surface area contributed by atoms with Gasteiger partial charge in [-0.05, 0) is 12.5 Å². The fourth-order valence-electron chi connectivity index (χ4n) is 4.21. The molecule has 2 aromatic carbocycles. The molecule has 0 saturated carbocycles. The smallest absolute Gasteiger partial charge is 0.262 e. The van der Waals surface area contributed by atoms with Crippen molar-refractivity contribution in [2.24, 2.45) is 5.84 Å². The molecule has 7 atom stereocenters. The molecule has 2 aromatic rings. The molecule has 2 fully saturated rings. The molecule has 10 nitrogen and oxygen atoms in total. The van der Waals surface area contributed by atoms with Crippen LogP contribution < -0.4 is 16.6 Å². The Morgan fingerprint density at radius 1 is 1.09 bits per heavy atom. The van der Waals surface area contributed by atoms with Crippen LogP contribution in [0.4, 0.5) is 0 Å². The van der Waals surface area contributed by atoms with E-state index in [4.69, 9.17) is 29.5 Å². The molecular formula is C25H31N3O7. The predicted octanol–water partition coefficient (Wildman–Crippen LogP) is 1.31. The van der Waals surface area contributed by atoms with Gasteiger partial charge in [0.2, 0.25) is 5.91 Å². The number of fused-ring (bicyclic) bond motifs is 1. The number of carbonyl (C=O) groups is 2. The highest BCUT2D eigenvalue weighted by atomic mass is 16.8. The zero-order valence-corrected chi connectivity index (χ0v) is 19.7. The molecule has 2 aliphatic heterocycles. The van der Waals surface area contributed by atoms with Crippen molar-refractivity contribution in [3.05, 3.63) is 71.8 Å². The minimum atomic E-state index is -0.920. The fraction of sp³-hybridized carbons (Fsp3) is 0.440. The summed E-state index contributed by atoms with van der Waals surface area (Å²) in [6.07, 6.45) is -4.46. The first-order valence-electron chi connectivity index (χ1n) is 11.5. The summed E-state index contributed by atoms with van der Waals surface area (Å²) >= 11 is 0. The Labute approximate surface area is 204 Å². The van der Waals surface area contributed by atoms with Crippen LogP contribution in [-0.2, 0) is 39.9 Å². The molecular weight excluding hydrogens is 454 g/mol. The number of nitrogens with two attached hydrogens (primary N) is 1. The van der Waals surface area contributed by atoms with E-state index in [1.54, 1.807) is 6.92 Å². The summed E-state index contributed by atoms with van der Waals surface area (Å²) in [6.45, 7) is 3.43. The third-order valence-electron chi connectivity index (χ3n) is 5.91. The van der Waals surface area contributed by atoms with Crippen LogP contribution in [0.15, 0.2) is 60.7 Å². The first kappa shape index (κ1) is 25.2. The summed E-state index contributed by atoms with van der Waals surface area (Å²) in [5.41, 5.74) is 3.86. The van der Waals surface area contributed by atoms with E-state index in [1.807, 2.05) is 60.7 Å². The summed E-state index contributed by atoms with van der Waals surface area (Å²) in [4.78, 5) is 24.3. The van der Waals surface area contributed by atoms with Gasteiger partial charge in [0.25, 0.3) is 5.91 Å². The number of hydrogen-bond donors (Lipinski definition) is 3. The second-order valence-electron chi connectivity index (χ2n) is 8.49. The van der Waals surface area contributed by atoms with Crippen molar-refractivity contribution >= 4 is 11.8 Å². The van der Waals surface area contributed by atoms with Gasteiger partial charge < -0.3 is 29.0 Å². The van der Waals surface area contributed by atoms with Crippen molar-refractivity contribution in [1.82, 2.24) is 10.7 Å². The lowest BCUT2D eigenvalue weighted by atomic mass is 9.95. The SMILES string of the molecule is CC(=O)NC1C(OCc2ccccc2)OC2COC(c3ccccc3)OC2C1OC(C)C(=O)NN. The number of hydrogen-bond acceptors (Lipinski definition) is 8. The average Bonchev–Trinajstić information content (AvgIpc) is 2.89. The second kappa shape index (κ2) is 11.7. The molecule has 0 aliphatic carbocycles. The highest BCUT2D eigenvalue weighted by Gasteiger charge is 2.52. The fourth-order valence-corrected chi connectivity index (χ4v) is 4.21. The number of hydrazine groups is 1. The molecule has 0 bridgehead atoms. The number of rotatable bonds is 8. The molecule has 2 heterocycles. The summed E-state index contributed by atoms with van der Waals surface area (Å²) in [5.74, 6) is 4.50. The van der Waals surface area contributed by atoms with Crippen LogP contribution in [-0.4, -0.2) is 55.2 Å². The van der Waals surface area contributed by atoms with Gasteiger partial charge in [0.05, 0.1) is 13.2 Å². The topological polar surface area (TPSA) is 130 Å². The van der Waals surface area contributed by atoms with Crippen LogP contribution in [0.5, 0.6) is 0 Å². The largest absolute Gasteiger partial charge is 0.360 e. The molecule has 188 valence electrons. The average molecular weight is 486 g/mol. The maximum atomic E-state index is 12.2. The van der Waals surface area contributed by atoms with E-state index in [2.05, 4.69) is 10.7 Å². The third kappa shape index (κ3) is 6.23. The molecule has 0 spiro atoms. The molecule has 4 N–H and O–H groups in total. The van der Waals surface area contributed by atoms with Crippen LogP contribution in [0.3, 0.4) is 0 Å². The van der Waals surface area contributed by atoms with Crippen LogP contribution >= 0.6 is 0 Å². The lowest BCUT2D eigenvalue weighted by molar-refractivity contribution is -0.351. The van der Waals surface area contributed by atoms with Crippen LogP contribution in [0.25, 0.3) is 0 Å². The number of nitrogens with one attached hydrogen (secondary N) is 2. The maximum absolute atomic E-state index is 12.2. The van der Waals surface area contributed by atoms with Crippen molar-refractivity contribution in [3.63, 3.8) is 0 Å². The van der Waals surface area contributed by atoms with Gasteiger partial charge in [-0.15, -0.1) is 0 Å². The van der Waals surface area contributed by atoms with Gasteiger partial charge in [-0.25, -0.2) is 5.84 Å². The van der Waals surface area contributed by atoms with E-state index in [-0.39, 0.29) is 19.1 Å². The second-order valence-corrected chi connectivity index (χ2v) is 8.49. The highest BCUT2D eigenvalue weighted by molar-refractivity contribution is 5.79. The minimum Gasteiger partial charge on any atom is -0.360 e. The van der Waals surface area contributed by atoms with Gasteiger partial charge in [0.1, 0.15) is 30.5 Å². The van der Waals surface area contributed by atoms with Gasteiger partial charge in [-0.2, -0.15) is 0 Å². The molecule has 7 unspecified atom stereocenters. The standard InChI is InChI=1S/C25H31N3O7/c1-15(23(30)28-26)33-22-20(27-16(2)29)25(31-13-17-9-5-3-6-10-17)34-19-14-32-24(35-21(19)22)18-11-7-4-8-12-18/h3-12,15,19-22,24-25H,13-14,26H2,1-2H3,(H,27,29)(H,28,30). The lowest BCUT2D eigenvalue weighted by Crippen LogP contribution is -2.68.